The number of rotatable bonds is 15. The van der Waals surface area contributed by atoms with Gasteiger partial charge in [-0.15, -0.1) is 0 Å². The molecule has 2 aliphatic rings. The van der Waals surface area contributed by atoms with Crippen molar-refractivity contribution in [1.29, 1.82) is 0 Å². The van der Waals surface area contributed by atoms with Gasteiger partial charge >= 0.3 is 0 Å². The molecule has 2 rings (SSSR count). The molecular weight excluding hydrogens is 686 g/mol. The van der Waals surface area contributed by atoms with Crippen LogP contribution in [-0.4, -0.2) is 158 Å². The predicted molar refractivity (Wildman–Crippen MR) is 123 cm³/mol. The van der Waals surface area contributed by atoms with Crippen LogP contribution in [0.25, 0.3) is 0 Å². The van der Waals surface area contributed by atoms with Gasteiger partial charge in [0, 0.05) is 38.2 Å². The molecule has 2 heterocycles. The van der Waals surface area contributed by atoms with E-state index in [4.69, 9.17) is 29.2 Å². The number of aliphatic hydroxyl groups is 10. The second-order valence-electron chi connectivity index (χ2n) is 9.62. The fraction of sp³-hybridized carbons (Fsp3) is 0.957. The molecule has 7 unspecified atom stereocenters. The van der Waals surface area contributed by atoms with Crippen molar-refractivity contribution in [3.8, 4) is 0 Å². The van der Waals surface area contributed by atoms with E-state index in [-0.39, 0.29) is 53.5 Å². The van der Waals surface area contributed by atoms with E-state index in [1.807, 2.05) is 0 Å². The van der Waals surface area contributed by atoms with Gasteiger partial charge in [0.15, 0.2) is 0 Å². The Kier molecular flexibility index (Phi) is 16.9. The molecule has 0 spiro atoms. The van der Waals surface area contributed by atoms with Crippen LogP contribution in [-0.2, 0) is 39.4 Å². The van der Waals surface area contributed by atoms with E-state index in [2.05, 4.69) is 0 Å². The standard InChI is InChI=1S/C23H43O14.Re/c1-2-11-16(5-26)36-18(22(32)20(11)30)10-35-8-13-17(6-27)37-19(23(33)21(13)31)9-34-7-12(14(28)3-24)15(29)4-25;/h3,11-33H,2,4-10H2,1H3;/q-1;/t11-,12?,13-,14?,15?,16?,17?,18-,19-,20-,21-,22?,23?;/m1./s1. The summed E-state index contributed by atoms with van der Waals surface area (Å²) < 4.78 is 22.3. The van der Waals surface area contributed by atoms with E-state index in [0.29, 0.717) is 13.0 Å². The Hall–Kier alpha value is 0.102. The van der Waals surface area contributed by atoms with Crippen LogP contribution in [0.15, 0.2) is 0 Å². The van der Waals surface area contributed by atoms with Gasteiger partial charge in [0.25, 0.3) is 0 Å². The van der Waals surface area contributed by atoms with Crippen LogP contribution < -0.4 is 0 Å². The zero-order chi connectivity index (χ0) is 27.7. The van der Waals surface area contributed by atoms with Crippen molar-refractivity contribution in [2.75, 3.05) is 46.2 Å². The molecule has 2 fully saturated rings. The molecule has 0 aliphatic carbocycles. The van der Waals surface area contributed by atoms with Crippen LogP contribution in [0.4, 0.5) is 0 Å². The van der Waals surface area contributed by atoms with E-state index >= 15 is 0 Å². The summed E-state index contributed by atoms with van der Waals surface area (Å²) in [4.78, 5) is 0. The molecule has 2 saturated heterocycles. The molecule has 14 nitrogen and oxygen atoms in total. The van der Waals surface area contributed by atoms with Gasteiger partial charge in [-0.1, -0.05) is 6.92 Å². The zero-order valence-electron chi connectivity index (χ0n) is 21.2. The molecule has 0 bridgehead atoms. The van der Waals surface area contributed by atoms with Crippen LogP contribution in [0.3, 0.4) is 0 Å². The molecular formula is C23H43O14Re-. The van der Waals surface area contributed by atoms with E-state index in [1.54, 1.807) is 6.92 Å². The molecule has 15 heteroatoms. The first kappa shape index (κ1) is 36.1. The van der Waals surface area contributed by atoms with Crippen molar-refractivity contribution < 1.29 is 90.4 Å². The topological polar surface area (TPSA) is 239 Å². The average molecular weight is 730 g/mol. The Balaban J connectivity index is 0.00000722. The first-order valence-corrected chi connectivity index (χ1v) is 12.5. The molecule has 227 valence electrons. The van der Waals surface area contributed by atoms with E-state index < -0.39 is 92.0 Å². The van der Waals surface area contributed by atoms with E-state index in [1.165, 1.54) is 0 Å². The second kappa shape index (κ2) is 17.8. The van der Waals surface area contributed by atoms with Crippen molar-refractivity contribution >= 4 is 0 Å². The van der Waals surface area contributed by atoms with Crippen LogP contribution in [0.1, 0.15) is 13.3 Å². The summed E-state index contributed by atoms with van der Waals surface area (Å²) in [5.41, 5.74) is 0. The fourth-order valence-corrected chi connectivity index (χ4v) is 4.86. The maximum absolute atomic E-state index is 10.7. The van der Waals surface area contributed by atoms with Crippen molar-refractivity contribution in [3.63, 3.8) is 0 Å². The molecule has 1 radical (unpaired) electrons. The third kappa shape index (κ3) is 9.05. The SMILES string of the molecule is CC[C@@H]1C(CO)O[C@H](COC[C@@H]2C(CO)O[C@H](COCC(C(O)[CH-]O)C(O)CO)C(O)[C@@H]2O)C(O)[C@@H]1O.[Re]. The van der Waals surface area contributed by atoms with Crippen molar-refractivity contribution in [3.05, 3.63) is 6.61 Å². The van der Waals surface area contributed by atoms with Gasteiger partial charge < -0.3 is 70.0 Å². The Morgan fingerprint density at radius 3 is 1.71 bits per heavy atom. The minimum Gasteiger partial charge on any atom is -0.563 e. The minimum atomic E-state index is -1.48. The largest absolute Gasteiger partial charge is 0.563 e. The van der Waals surface area contributed by atoms with Gasteiger partial charge in [-0.05, 0) is 12.5 Å². The molecule has 38 heavy (non-hydrogen) atoms. The molecule has 0 aromatic carbocycles. The predicted octanol–water partition coefficient (Wildman–Crippen LogP) is -4.51. The molecule has 0 saturated carbocycles. The zero-order valence-corrected chi connectivity index (χ0v) is 23.9. The maximum atomic E-state index is 10.7. The van der Waals surface area contributed by atoms with Crippen molar-refractivity contribution in [1.82, 2.24) is 0 Å². The maximum Gasteiger partial charge on any atom is 0.110 e. The Bertz CT molecular complexity index is 621. The normalized spacial score (nSPS) is 38.3. The summed E-state index contributed by atoms with van der Waals surface area (Å²) >= 11 is 0. The molecule has 10 N–H and O–H groups in total. The van der Waals surface area contributed by atoms with E-state index in [9.17, 15) is 40.9 Å². The Morgan fingerprint density at radius 1 is 0.737 bits per heavy atom. The van der Waals surface area contributed by atoms with Crippen molar-refractivity contribution in [2.24, 2.45) is 17.8 Å². The number of hydrogen-bond donors (Lipinski definition) is 10. The average Bonchev–Trinajstić information content (AvgIpc) is 2.91. The number of hydrogen-bond acceptors (Lipinski definition) is 14. The quantitative estimate of drug-likeness (QED) is 0.0716. The summed E-state index contributed by atoms with van der Waals surface area (Å²) in [5.74, 6) is -2.37. The molecule has 2 aliphatic heterocycles. The van der Waals surface area contributed by atoms with Gasteiger partial charge in [0.2, 0.25) is 0 Å². The van der Waals surface area contributed by atoms with E-state index in [0.717, 1.165) is 0 Å². The van der Waals surface area contributed by atoms with Crippen molar-refractivity contribution in [2.45, 2.75) is 74.4 Å². The molecule has 0 aromatic rings. The van der Waals surface area contributed by atoms with Gasteiger partial charge in [0.05, 0.1) is 76.8 Å². The fourth-order valence-electron chi connectivity index (χ4n) is 4.86. The second-order valence-corrected chi connectivity index (χ2v) is 9.62. The molecule has 0 aromatic heterocycles. The molecule has 13 atom stereocenters. The van der Waals surface area contributed by atoms with Crippen LogP contribution in [0.5, 0.6) is 0 Å². The summed E-state index contributed by atoms with van der Waals surface area (Å²) in [5, 5.41) is 98.9. The Morgan fingerprint density at radius 2 is 1.24 bits per heavy atom. The van der Waals surface area contributed by atoms with Crippen LogP contribution in [0, 0.1) is 24.4 Å². The first-order valence-electron chi connectivity index (χ1n) is 12.5. The third-order valence-electron chi connectivity index (χ3n) is 7.28. The van der Waals surface area contributed by atoms with Gasteiger partial charge in [-0.25, -0.2) is 0 Å². The third-order valence-corrected chi connectivity index (χ3v) is 7.28. The summed E-state index contributed by atoms with van der Waals surface area (Å²) in [7, 11) is 0. The first-order chi connectivity index (χ1) is 17.6. The summed E-state index contributed by atoms with van der Waals surface area (Å²) in [6.07, 6.45) is -11.3. The van der Waals surface area contributed by atoms with Gasteiger partial charge in [-0.2, -0.15) is 6.61 Å². The minimum absolute atomic E-state index is 0. The smallest absolute Gasteiger partial charge is 0.110 e. The molecule has 0 amide bonds. The van der Waals surface area contributed by atoms with Gasteiger partial charge in [-0.3, -0.25) is 0 Å². The summed E-state index contributed by atoms with van der Waals surface area (Å²) in [6, 6.07) is 0. The van der Waals surface area contributed by atoms with Crippen LogP contribution in [0.2, 0.25) is 0 Å². The number of ether oxygens (including phenoxy) is 4. The van der Waals surface area contributed by atoms with Crippen LogP contribution >= 0.6 is 0 Å². The monoisotopic (exact) mass is 730 g/mol. The van der Waals surface area contributed by atoms with Gasteiger partial charge in [0.1, 0.15) is 24.4 Å². The number of aliphatic hydroxyl groups excluding tert-OH is 10. The summed E-state index contributed by atoms with van der Waals surface area (Å²) in [6.45, 7) is -0.288. The Labute approximate surface area is 235 Å².